The number of anilines is 1. The van der Waals surface area contributed by atoms with Crippen LogP contribution in [0.4, 0.5) is 16.5 Å². The monoisotopic (exact) mass is 253 g/mol. The summed E-state index contributed by atoms with van der Waals surface area (Å²) < 4.78 is 9.95. The van der Waals surface area contributed by atoms with Crippen LogP contribution in [0.3, 0.4) is 0 Å². The number of nitrogens with zero attached hydrogens (tertiary/aromatic N) is 2. The summed E-state index contributed by atoms with van der Waals surface area (Å²) in [5.41, 5.74) is -0.0168. The van der Waals surface area contributed by atoms with Gasteiger partial charge in [-0.05, 0) is 6.07 Å². The summed E-state index contributed by atoms with van der Waals surface area (Å²) >= 11 is 0. The third-order valence-electron chi connectivity index (χ3n) is 2.11. The van der Waals surface area contributed by atoms with E-state index in [1.54, 1.807) is 0 Å². The van der Waals surface area contributed by atoms with Crippen LogP contribution in [0.15, 0.2) is 16.5 Å². The molecule has 0 saturated heterocycles. The average molecular weight is 253 g/mol. The topological polar surface area (TPSA) is 128 Å². The van der Waals surface area contributed by atoms with E-state index in [0.717, 1.165) is 0 Å². The summed E-state index contributed by atoms with van der Waals surface area (Å²) in [7, 11) is 1.25. The van der Waals surface area contributed by atoms with Crippen LogP contribution in [-0.4, -0.2) is 28.2 Å². The Morgan fingerprint density at radius 1 is 1.61 bits per heavy atom. The zero-order valence-electron chi connectivity index (χ0n) is 9.04. The second kappa shape index (κ2) is 4.20. The molecule has 0 unspecified atom stereocenters. The van der Waals surface area contributed by atoms with Crippen molar-refractivity contribution in [3.8, 4) is 5.75 Å². The third-order valence-corrected chi connectivity index (χ3v) is 2.11. The van der Waals surface area contributed by atoms with Crippen molar-refractivity contribution < 1.29 is 24.0 Å². The number of methoxy groups -OCH3 is 1. The van der Waals surface area contributed by atoms with Gasteiger partial charge in [0.05, 0.1) is 12.0 Å². The Hall–Kier alpha value is -2.84. The lowest BCUT2D eigenvalue weighted by Crippen LogP contribution is -2.07. The molecule has 2 N–H and O–H groups in total. The van der Waals surface area contributed by atoms with Crippen molar-refractivity contribution in [1.82, 2.24) is 4.98 Å². The van der Waals surface area contributed by atoms with Gasteiger partial charge < -0.3 is 14.3 Å². The summed E-state index contributed by atoms with van der Waals surface area (Å²) in [6, 6.07) is 2.23. The van der Waals surface area contributed by atoms with E-state index in [4.69, 9.17) is 14.3 Å². The molecule has 0 aliphatic heterocycles. The average Bonchev–Trinajstić information content (AvgIpc) is 2.68. The molecule has 1 heterocycles. The zero-order chi connectivity index (χ0) is 13.3. The van der Waals surface area contributed by atoms with Gasteiger partial charge in [-0.25, -0.2) is 10.1 Å². The molecule has 18 heavy (non-hydrogen) atoms. The first-order chi connectivity index (χ1) is 8.52. The molecule has 0 atom stereocenters. The molecule has 1 aromatic carbocycles. The van der Waals surface area contributed by atoms with Gasteiger partial charge in [0.2, 0.25) is 5.75 Å². The third kappa shape index (κ3) is 1.88. The zero-order valence-corrected chi connectivity index (χ0v) is 9.04. The lowest BCUT2D eigenvalue weighted by atomic mass is 10.2. The second-order valence-electron chi connectivity index (χ2n) is 3.17. The van der Waals surface area contributed by atoms with Gasteiger partial charge >= 0.3 is 17.8 Å². The minimum atomic E-state index is -1.35. The van der Waals surface area contributed by atoms with Crippen LogP contribution in [0.1, 0.15) is 0 Å². The van der Waals surface area contributed by atoms with E-state index in [1.165, 1.54) is 19.2 Å². The Labute approximate surface area is 99.1 Å². The molecule has 9 nitrogen and oxygen atoms in total. The summed E-state index contributed by atoms with van der Waals surface area (Å²) in [5.74, 6) is -0.0836. The highest BCUT2D eigenvalue weighted by Crippen LogP contribution is 2.35. The number of benzene rings is 1. The molecular weight excluding hydrogens is 246 g/mol. The number of nitro benzene ring substituents is 1. The Morgan fingerprint density at radius 3 is 2.89 bits per heavy atom. The molecule has 0 saturated carbocycles. The SMILES string of the molecule is COc1c([N+](=O)[O-])ccc2oc(NC(=O)O)nc12. The van der Waals surface area contributed by atoms with Gasteiger partial charge in [0.25, 0.3) is 0 Å². The van der Waals surface area contributed by atoms with Crippen molar-refractivity contribution >= 4 is 28.9 Å². The molecule has 2 aromatic rings. The Balaban J connectivity index is 2.61. The van der Waals surface area contributed by atoms with E-state index < -0.39 is 11.0 Å². The van der Waals surface area contributed by atoms with E-state index in [9.17, 15) is 14.9 Å². The van der Waals surface area contributed by atoms with Gasteiger partial charge in [-0.3, -0.25) is 10.1 Å². The predicted octanol–water partition coefficient (Wildman–Crippen LogP) is 1.83. The molecule has 94 valence electrons. The summed E-state index contributed by atoms with van der Waals surface area (Å²) in [6.07, 6.45) is -1.35. The number of fused-ring (bicyclic) bond motifs is 1. The van der Waals surface area contributed by atoms with E-state index in [2.05, 4.69) is 4.98 Å². The first kappa shape index (κ1) is 11.6. The van der Waals surface area contributed by atoms with Crippen LogP contribution in [0.25, 0.3) is 11.1 Å². The molecule has 0 bridgehead atoms. The minimum Gasteiger partial charge on any atom is -0.489 e. The van der Waals surface area contributed by atoms with E-state index >= 15 is 0 Å². The number of rotatable bonds is 3. The standard InChI is InChI=1S/C9H7N3O6/c1-17-7-4(12(15)16)2-3-5-6(7)10-8(18-5)11-9(13)14/h2-3H,1H3,(H,10,11)(H,13,14). The van der Waals surface area contributed by atoms with Crippen molar-refractivity contribution in [2.75, 3.05) is 12.4 Å². The van der Waals surface area contributed by atoms with Crippen LogP contribution in [0.2, 0.25) is 0 Å². The fraction of sp³-hybridized carbons (Fsp3) is 0.111. The van der Waals surface area contributed by atoms with Crippen molar-refractivity contribution in [1.29, 1.82) is 0 Å². The number of aromatic nitrogens is 1. The van der Waals surface area contributed by atoms with Crippen LogP contribution in [0.5, 0.6) is 5.75 Å². The van der Waals surface area contributed by atoms with Crippen LogP contribution in [0, 0.1) is 10.1 Å². The number of carbonyl (C=O) groups is 1. The van der Waals surface area contributed by atoms with Gasteiger partial charge in [0, 0.05) is 6.07 Å². The quantitative estimate of drug-likeness (QED) is 0.630. The van der Waals surface area contributed by atoms with Crippen LogP contribution >= 0.6 is 0 Å². The highest BCUT2D eigenvalue weighted by atomic mass is 16.6. The number of hydrogen-bond donors (Lipinski definition) is 2. The number of nitrogens with one attached hydrogen (secondary N) is 1. The summed E-state index contributed by atoms with van der Waals surface area (Å²) in [6.45, 7) is 0. The van der Waals surface area contributed by atoms with Gasteiger partial charge in [0.15, 0.2) is 11.1 Å². The maximum absolute atomic E-state index is 10.8. The van der Waals surface area contributed by atoms with Crippen LogP contribution < -0.4 is 10.1 Å². The smallest absolute Gasteiger partial charge is 0.412 e. The molecule has 0 fully saturated rings. The number of carboxylic acid groups (broad SMARTS) is 1. The maximum Gasteiger partial charge on any atom is 0.412 e. The molecule has 1 aromatic heterocycles. The van der Waals surface area contributed by atoms with Gasteiger partial charge in [-0.15, -0.1) is 0 Å². The first-order valence-electron chi connectivity index (χ1n) is 4.65. The van der Waals surface area contributed by atoms with Crippen molar-refractivity contribution in [2.45, 2.75) is 0 Å². The number of ether oxygens (including phenoxy) is 1. The Morgan fingerprint density at radius 2 is 2.33 bits per heavy atom. The lowest BCUT2D eigenvalue weighted by molar-refractivity contribution is -0.385. The molecule has 2 rings (SSSR count). The summed E-state index contributed by atoms with van der Waals surface area (Å²) in [4.78, 5) is 24.3. The minimum absolute atomic E-state index is 0.0791. The van der Waals surface area contributed by atoms with Gasteiger partial charge in [0.1, 0.15) is 0 Å². The molecule has 1 amide bonds. The molecular formula is C9H7N3O6. The first-order valence-corrected chi connectivity index (χ1v) is 4.65. The molecule has 0 aliphatic carbocycles. The van der Waals surface area contributed by atoms with E-state index in [1.807, 2.05) is 5.32 Å². The maximum atomic E-state index is 10.8. The number of nitro groups is 1. The fourth-order valence-electron chi connectivity index (χ4n) is 1.45. The van der Waals surface area contributed by atoms with Crippen LogP contribution in [-0.2, 0) is 0 Å². The predicted molar refractivity (Wildman–Crippen MR) is 58.9 cm³/mol. The van der Waals surface area contributed by atoms with Crippen molar-refractivity contribution in [3.05, 3.63) is 22.2 Å². The number of amides is 1. The fourth-order valence-corrected chi connectivity index (χ4v) is 1.45. The molecule has 0 spiro atoms. The Kier molecular flexibility index (Phi) is 2.72. The molecule has 0 radical (unpaired) electrons. The largest absolute Gasteiger partial charge is 0.489 e. The molecule has 0 aliphatic rings. The highest BCUT2D eigenvalue weighted by molar-refractivity contribution is 5.88. The Bertz CT molecular complexity index is 635. The number of hydrogen-bond acceptors (Lipinski definition) is 6. The highest BCUT2D eigenvalue weighted by Gasteiger charge is 2.22. The van der Waals surface area contributed by atoms with Crippen molar-refractivity contribution in [3.63, 3.8) is 0 Å². The van der Waals surface area contributed by atoms with Gasteiger partial charge in [-0.1, -0.05) is 0 Å². The second-order valence-corrected chi connectivity index (χ2v) is 3.17. The van der Waals surface area contributed by atoms with E-state index in [-0.39, 0.29) is 28.6 Å². The number of oxazole rings is 1. The van der Waals surface area contributed by atoms with E-state index in [0.29, 0.717) is 0 Å². The normalized spacial score (nSPS) is 10.3. The van der Waals surface area contributed by atoms with Gasteiger partial charge in [-0.2, -0.15) is 4.98 Å². The summed E-state index contributed by atoms with van der Waals surface area (Å²) in [5, 5.41) is 21.2. The molecule has 9 heteroatoms. The lowest BCUT2D eigenvalue weighted by Gasteiger charge is -2.00. The van der Waals surface area contributed by atoms with Crippen molar-refractivity contribution in [2.24, 2.45) is 0 Å².